The molecular weight excluding hydrogens is 518 g/mol. The molecule has 1 saturated heterocycles. The van der Waals surface area contributed by atoms with Crippen LogP contribution in [0.5, 0.6) is 11.5 Å². The molecule has 2 aliphatic rings. The number of carbonyl (C=O) groups excluding carboxylic acids is 2. The summed E-state index contributed by atoms with van der Waals surface area (Å²) in [5.41, 5.74) is 3.95. The van der Waals surface area contributed by atoms with E-state index in [-0.39, 0.29) is 23.3 Å². The second-order valence-electron chi connectivity index (χ2n) is 10.6. The molecule has 4 heterocycles. The molecule has 2 amide bonds. The zero-order valence-corrected chi connectivity index (χ0v) is 23.0. The quantitative estimate of drug-likeness (QED) is 0.343. The van der Waals surface area contributed by atoms with E-state index in [4.69, 9.17) is 21.1 Å². The number of aromatic nitrogens is 2. The smallest absolute Gasteiger partial charge is 0.255 e. The summed E-state index contributed by atoms with van der Waals surface area (Å²) in [6, 6.07) is 7.13. The highest BCUT2D eigenvalue weighted by Gasteiger charge is 2.39. The van der Waals surface area contributed by atoms with Crippen molar-refractivity contribution in [3.63, 3.8) is 0 Å². The number of amides is 2. The van der Waals surface area contributed by atoms with Crippen molar-refractivity contribution in [3.8, 4) is 22.8 Å². The summed E-state index contributed by atoms with van der Waals surface area (Å²) in [5, 5.41) is 6.77. The van der Waals surface area contributed by atoms with Crippen molar-refractivity contribution in [2.45, 2.75) is 32.7 Å². The first-order valence-corrected chi connectivity index (χ1v) is 13.2. The minimum Gasteiger partial charge on any atom is -0.493 e. The van der Waals surface area contributed by atoms with Crippen LogP contribution in [0.3, 0.4) is 0 Å². The molecule has 10 heteroatoms. The fourth-order valence-corrected chi connectivity index (χ4v) is 5.72. The van der Waals surface area contributed by atoms with Crippen LogP contribution < -0.4 is 20.1 Å². The summed E-state index contributed by atoms with van der Waals surface area (Å²) in [4.78, 5) is 35.1. The van der Waals surface area contributed by atoms with Crippen LogP contribution in [-0.2, 0) is 11.2 Å². The summed E-state index contributed by atoms with van der Waals surface area (Å²) < 4.78 is 11.9. The van der Waals surface area contributed by atoms with Gasteiger partial charge in [0.05, 0.1) is 47.0 Å². The van der Waals surface area contributed by atoms with E-state index in [0.717, 1.165) is 17.7 Å². The van der Waals surface area contributed by atoms with Gasteiger partial charge in [0.1, 0.15) is 12.4 Å². The Hall–Kier alpha value is -3.98. The molecule has 0 saturated carbocycles. The standard InChI is InChI=1S/C29H32ClN5O4/c1-5-23(36)35-16-29(2,3)13-17(35)15-39-22-14-31-11-9-18(22)25-26(24-20(33-25)10-12-32-28(24)37)34-21-8-6-7-19(30)27(21)38-4/h5-9,11,14,17,33-34H,1,10,12-13,15-16H2,2-4H3,(H,32,37)/t17-/m1/s1. The van der Waals surface area contributed by atoms with E-state index in [0.29, 0.717) is 65.3 Å². The molecule has 0 spiro atoms. The Balaban J connectivity index is 1.52. The van der Waals surface area contributed by atoms with Gasteiger partial charge in [-0.1, -0.05) is 38.1 Å². The minimum absolute atomic E-state index is 0.0244. The number of pyridine rings is 1. The molecule has 3 N–H and O–H groups in total. The number of fused-ring (bicyclic) bond motifs is 1. The molecule has 2 aromatic heterocycles. The van der Waals surface area contributed by atoms with Gasteiger partial charge in [0, 0.05) is 37.0 Å². The van der Waals surface area contributed by atoms with Gasteiger partial charge in [0.25, 0.3) is 5.91 Å². The van der Waals surface area contributed by atoms with Crippen LogP contribution in [0, 0.1) is 5.41 Å². The first-order chi connectivity index (χ1) is 18.7. The van der Waals surface area contributed by atoms with E-state index < -0.39 is 0 Å². The number of halogens is 1. The van der Waals surface area contributed by atoms with Crippen LogP contribution in [0.25, 0.3) is 11.3 Å². The van der Waals surface area contributed by atoms with E-state index in [1.54, 1.807) is 25.6 Å². The van der Waals surface area contributed by atoms with Crippen LogP contribution in [0.15, 0.2) is 49.3 Å². The van der Waals surface area contributed by atoms with Gasteiger partial charge in [0.2, 0.25) is 5.91 Å². The predicted molar refractivity (Wildman–Crippen MR) is 151 cm³/mol. The van der Waals surface area contributed by atoms with Crippen LogP contribution in [0.2, 0.25) is 5.02 Å². The fourth-order valence-electron chi connectivity index (χ4n) is 5.47. The van der Waals surface area contributed by atoms with Crippen molar-refractivity contribution in [3.05, 3.63) is 65.6 Å². The normalized spacial score (nSPS) is 17.8. The predicted octanol–water partition coefficient (Wildman–Crippen LogP) is 4.96. The molecular formula is C29H32ClN5O4. The number of H-pyrrole nitrogens is 1. The highest BCUT2D eigenvalue weighted by molar-refractivity contribution is 6.32. The molecule has 0 unspecified atom stereocenters. The van der Waals surface area contributed by atoms with Crippen LogP contribution in [0.1, 0.15) is 36.3 Å². The molecule has 1 fully saturated rings. The van der Waals surface area contributed by atoms with E-state index >= 15 is 0 Å². The van der Waals surface area contributed by atoms with Crippen molar-refractivity contribution in [2.75, 3.05) is 32.1 Å². The molecule has 0 aliphatic carbocycles. The van der Waals surface area contributed by atoms with Gasteiger partial charge in [-0.05, 0) is 36.1 Å². The molecule has 204 valence electrons. The molecule has 39 heavy (non-hydrogen) atoms. The average molecular weight is 550 g/mol. The van der Waals surface area contributed by atoms with Crippen molar-refractivity contribution < 1.29 is 19.1 Å². The second kappa shape index (κ2) is 10.6. The number of para-hydroxylation sites is 1. The third-order valence-electron chi connectivity index (χ3n) is 7.17. The number of aromatic amines is 1. The van der Waals surface area contributed by atoms with Crippen molar-refractivity contribution in [2.24, 2.45) is 5.41 Å². The van der Waals surface area contributed by atoms with Gasteiger partial charge in [-0.15, -0.1) is 0 Å². The van der Waals surface area contributed by atoms with Crippen molar-refractivity contribution in [1.82, 2.24) is 20.2 Å². The Bertz CT molecular complexity index is 1430. The van der Waals surface area contributed by atoms with E-state index in [1.165, 1.54) is 6.08 Å². The second-order valence-corrected chi connectivity index (χ2v) is 11.0. The van der Waals surface area contributed by atoms with Crippen LogP contribution in [-0.4, -0.2) is 59.5 Å². The van der Waals surface area contributed by atoms with Crippen LogP contribution in [0.4, 0.5) is 11.4 Å². The molecule has 1 aromatic carbocycles. The van der Waals surface area contributed by atoms with Crippen LogP contribution >= 0.6 is 11.6 Å². The minimum atomic E-state index is -0.175. The molecule has 0 radical (unpaired) electrons. The molecule has 9 nitrogen and oxygen atoms in total. The number of hydrogen-bond acceptors (Lipinski definition) is 6. The molecule has 0 bridgehead atoms. The summed E-state index contributed by atoms with van der Waals surface area (Å²) in [5.74, 6) is 0.725. The number of anilines is 2. The Morgan fingerprint density at radius 3 is 2.95 bits per heavy atom. The van der Waals surface area contributed by atoms with E-state index in [9.17, 15) is 9.59 Å². The van der Waals surface area contributed by atoms with E-state index in [2.05, 4.69) is 41.0 Å². The lowest BCUT2D eigenvalue weighted by molar-refractivity contribution is -0.127. The largest absolute Gasteiger partial charge is 0.493 e. The summed E-state index contributed by atoms with van der Waals surface area (Å²) in [6.45, 7) is 9.41. The third-order valence-corrected chi connectivity index (χ3v) is 7.46. The zero-order valence-electron chi connectivity index (χ0n) is 22.3. The van der Waals surface area contributed by atoms with Crippen molar-refractivity contribution in [1.29, 1.82) is 0 Å². The lowest BCUT2D eigenvalue weighted by atomic mass is 9.91. The first kappa shape index (κ1) is 26.6. The maximum Gasteiger partial charge on any atom is 0.255 e. The fraction of sp³-hybridized carbons (Fsp3) is 0.345. The highest BCUT2D eigenvalue weighted by Crippen LogP contribution is 2.43. The Morgan fingerprint density at radius 2 is 2.18 bits per heavy atom. The maximum absolute atomic E-state index is 13.0. The Morgan fingerprint density at radius 1 is 1.36 bits per heavy atom. The van der Waals surface area contributed by atoms with Gasteiger partial charge in [-0.3, -0.25) is 14.6 Å². The van der Waals surface area contributed by atoms with E-state index in [1.807, 2.05) is 23.1 Å². The number of nitrogens with zero attached hydrogens (tertiary/aromatic N) is 2. The lowest BCUT2D eigenvalue weighted by Gasteiger charge is -2.24. The molecule has 3 aromatic rings. The average Bonchev–Trinajstić information content (AvgIpc) is 3.44. The Labute approximate surface area is 232 Å². The third kappa shape index (κ3) is 5.18. The highest BCUT2D eigenvalue weighted by atomic mass is 35.5. The molecule has 2 aliphatic heterocycles. The number of rotatable bonds is 8. The number of carbonyl (C=O) groups is 2. The lowest BCUT2D eigenvalue weighted by Crippen LogP contribution is -2.38. The number of benzene rings is 1. The number of methoxy groups -OCH3 is 1. The summed E-state index contributed by atoms with van der Waals surface area (Å²) >= 11 is 6.38. The number of nitrogens with one attached hydrogen (secondary N) is 3. The molecule has 5 rings (SSSR count). The zero-order chi connectivity index (χ0) is 27.7. The number of likely N-dealkylation sites (tertiary alicyclic amines) is 1. The Kier molecular flexibility index (Phi) is 7.27. The monoisotopic (exact) mass is 549 g/mol. The van der Waals surface area contributed by atoms with Gasteiger partial charge in [-0.2, -0.15) is 0 Å². The maximum atomic E-state index is 13.0. The molecule has 1 atom stereocenters. The topological polar surface area (TPSA) is 109 Å². The van der Waals surface area contributed by atoms with Gasteiger partial charge in [0.15, 0.2) is 5.75 Å². The SMILES string of the molecule is C=CC(=O)N1CC(C)(C)C[C@@H]1COc1cnccc1-c1[nH]c2c(c1Nc1cccc(Cl)c1OC)C(=O)NCC2. The number of ether oxygens (including phenoxy) is 2. The summed E-state index contributed by atoms with van der Waals surface area (Å²) in [6.07, 6.45) is 6.14. The van der Waals surface area contributed by atoms with Crippen molar-refractivity contribution >= 4 is 34.8 Å². The number of hydrogen-bond donors (Lipinski definition) is 3. The summed E-state index contributed by atoms with van der Waals surface area (Å²) in [7, 11) is 1.55. The first-order valence-electron chi connectivity index (χ1n) is 12.8. The van der Waals surface area contributed by atoms with Gasteiger partial charge >= 0.3 is 0 Å². The van der Waals surface area contributed by atoms with Gasteiger partial charge < -0.3 is 30.0 Å². The van der Waals surface area contributed by atoms with Gasteiger partial charge in [-0.25, -0.2) is 0 Å².